The monoisotopic (exact) mass is 357 g/mol. The van der Waals surface area contributed by atoms with Gasteiger partial charge in [-0.05, 0) is 18.6 Å². The summed E-state index contributed by atoms with van der Waals surface area (Å²) < 4.78 is 13.7. The van der Waals surface area contributed by atoms with E-state index in [1.165, 1.54) is 6.07 Å². The minimum absolute atomic E-state index is 0.0473. The Morgan fingerprint density at radius 2 is 1.85 bits per heavy atom. The van der Waals surface area contributed by atoms with Crippen molar-refractivity contribution in [1.82, 2.24) is 14.9 Å². The van der Waals surface area contributed by atoms with E-state index in [0.717, 1.165) is 11.5 Å². The Kier molecular flexibility index (Phi) is 5.35. The zero-order valence-electron chi connectivity index (χ0n) is 15.4. The van der Waals surface area contributed by atoms with E-state index >= 15 is 0 Å². The Balaban J connectivity index is 1.62. The molecule has 0 spiro atoms. The second kappa shape index (κ2) is 7.68. The normalized spacial score (nSPS) is 14.5. The number of anilines is 2. The zero-order chi connectivity index (χ0) is 18.7. The molecular weight excluding hydrogens is 333 g/mol. The van der Waals surface area contributed by atoms with E-state index in [9.17, 15) is 9.18 Å². The first-order valence-electron chi connectivity index (χ1n) is 8.73. The van der Waals surface area contributed by atoms with Gasteiger partial charge in [-0.1, -0.05) is 18.2 Å². The quantitative estimate of drug-likeness (QED) is 0.836. The maximum Gasteiger partial charge on any atom is 0.227 e. The van der Waals surface area contributed by atoms with Gasteiger partial charge in [0.05, 0.1) is 6.42 Å². The number of halogens is 1. The highest BCUT2D eigenvalue weighted by atomic mass is 19.1. The van der Waals surface area contributed by atoms with Gasteiger partial charge < -0.3 is 14.7 Å². The summed E-state index contributed by atoms with van der Waals surface area (Å²) in [5, 5.41) is 0. The van der Waals surface area contributed by atoms with E-state index in [2.05, 4.69) is 14.9 Å². The molecule has 0 radical (unpaired) electrons. The molecule has 0 saturated carbocycles. The standard InChI is InChI=1S/C19H24FN5O/c1-14-12-17(23(2)3)22-19(21-14)25-10-8-24(9-11-25)18(26)13-15-6-4-5-7-16(15)20/h4-7,12H,8-11,13H2,1-3H3. The summed E-state index contributed by atoms with van der Waals surface area (Å²) in [7, 11) is 3.90. The third kappa shape index (κ3) is 4.09. The van der Waals surface area contributed by atoms with Crippen LogP contribution >= 0.6 is 0 Å². The molecule has 0 unspecified atom stereocenters. The van der Waals surface area contributed by atoms with Crippen molar-refractivity contribution in [2.75, 3.05) is 50.1 Å². The first-order valence-corrected chi connectivity index (χ1v) is 8.73. The minimum Gasteiger partial charge on any atom is -0.363 e. The number of amides is 1. The van der Waals surface area contributed by atoms with Crippen LogP contribution in [0.15, 0.2) is 30.3 Å². The molecule has 26 heavy (non-hydrogen) atoms. The highest BCUT2D eigenvalue weighted by molar-refractivity contribution is 5.79. The molecule has 0 N–H and O–H groups in total. The molecule has 7 heteroatoms. The van der Waals surface area contributed by atoms with Crippen molar-refractivity contribution < 1.29 is 9.18 Å². The largest absolute Gasteiger partial charge is 0.363 e. The summed E-state index contributed by atoms with van der Waals surface area (Å²) in [4.78, 5) is 27.4. The summed E-state index contributed by atoms with van der Waals surface area (Å²) in [6, 6.07) is 8.37. The van der Waals surface area contributed by atoms with Crippen LogP contribution in [-0.2, 0) is 11.2 Å². The molecule has 1 aromatic carbocycles. The van der Waals surface area contributed by atoms with Gasteiger partial charge in [0.25, 0.3) is 0 Å². The first-order chi connectivity index (χ1) is 12.4. The van der Waals surface area contributed by atoms with Gasteiger partial charge in [0, 0.05) is 52.0 Å². The lowest BCUT2D eigenvalue weighted by Crippen LogP contribution is -2.49. The molecule has 1 aromatic heterocycles. The summed E-state index contributed by atoms with van der Waals surface area (Å²) in [5.74, 6) is 1.18. The lowest BCUT2D eigenvalue weighted by atomic mass is 10.1. The topological polar surface area (TPSA) is 52.6 Å². The third-order valence-electron chi connectivity index (χ3n) is 4.50. The summed E-state index contributed by atoms with van der Waals surface area (Å²) >= 11 is 0. The fraction of sp³-hybridized carbons (Fsp3) is 0.421. The van der Waals surface area contributed by atoms with Crippen molar-refractivity contribution in [3.63, 3.8) is 0 Å². The highest BCUT2D eigenvalue weighted by Gasteiger charge is 2.23. The molecule has 1 aliphatic rings. The van der Waals surface area contributed by atoms with Crippen molar-refractivity contribution in [3.05, 3.63) is 47.4 Å². The van der Waals surface area contributed by atoms with Crippen LogP contribution in [0.5, 0.6) is 0 Å². The molecule has 3 rings (SSSR count). The van der Waals surface area contributed by atoms with Crippen LogP contribution in [0.2, 0.25) is 0 Å². The number of carbonyl (C=O) groups is 1. The van der Waals surface area contributed by atoms with Crippen molar-refractivity contribution in [2.45, 2.75) is 13.3 Å². The Labute approximate surface area is 153 Å². The fourth-order valence-electron chi connectivity index (χ4n) is 2.98. The van der Waals surface area contributed by atoms with Gasteiger partial charge in [-0.3, -0.25) is 4.79 Å². The summed E-state index contributed by atoms with van der Waals surface area (Å²) in [6.45, 7) is 4.45. The number of benzene rings is 1. The molecule has 1 fully saturated rings. The molecule has 2 aromatic rings. The van der Waals surface area contributed by atoms with Crippen LogP contribution in [-0.4, -0.2) is 61.0 Å². The molecule has 0 aliphatic carbocycles. The molecule has 1 amide bonds. The van der Waals surface area contributed by atoms with Gasteiger partial charge in [0.2, 0.25) is 11.9 Å². The average Bonchev–Trinajstić information content (AvgIpc) is 2.63. The van der Waals surface area contributed by atoms with Crippen molar-refractivity contribution in [3.8, 4) is 0 Å². The Morgan fingerprint density at radius 1 is 1.15 bits per heavy atom. The number of hydrogen-bond acceptors (Lipinski definition) is 5. The number of carbonyl (C=O) groups excluding carboxylic acids is 1. The van der Waals surface area contributed by atoms with Crippen LogP contribution in [0.25, 0.3) is 0 Å². The van der Waals surface area contributed by atoms with E-state index in [1.54, 1.807) is 23.1 Å². The van der Waals surface area contributed by atoms with E-state index in [4.69, 9.17) is 0 Å². The third-order valence-corrected chi connectivity index (χ3v) is 4.50. The Morgan fingerprint density at radius 3 is 2.50 bits per heavy atom. The first kappa shape index (κ1) is 18.1. The molecule has 0 atom stereocenters. The van der Waals surface area contributed by atoms with Crippen LogP contribution in [0.3, 0.4) is 0 Å². The number of aromatic nitrogens is 2. The average molecular weight is 357 g/mol. The molecular formula is C19H24FN5O. The minimum atomic E-state index is -0.330. The highest BCUT2D eigenvalue weighted by Crippen LogP contribution is 2.18. The van der Waals surface area contributed by atoms with Crippen molar-refractivity contribution in [1.29, 1.82) is 0 Å². The molecule has 1 aliphatic heterocycles. The number of nitrogens with zero attached hydrogens (tertiary/aromatic N) is 5. The van der Waals surface area contributed by atoms with Gasteiger partial charge in [-0.25, -0.2) is 9.37 Å². The SMILES string of the molecule is Cc1cc(N(C)C)nc(N2CCN(C(=O)Cc3ccccc3F)CC2)n1. The zero-order valence-corrected chi connectivity index (χ0v) is 15.4. The molecule has 2 heterocycles. The van der Waals surface area contributed by atoms with Gasteiger partial charge in [-0.15, -0.1) is 0 Å². The fourth-order valence-corrected chi connectivity index (χ4v) is 2.98. The second-order valence-electron chi connectivity index (χ2n) is 6.70. The van der Waals surface area contributed by atoms with E-state index in [-0.39, 0.29) is 18.1 Å². The van der Waals surface area contributed by atoms with Gasteiger partial charge >= 0.3 is 0 Å². The van der Waals surface area contributed by atoms with Crippen molar-refractivity contribution in [2.24, 2.45) is 0 Å². The smallest absolute Gasteiger partial charge is 0.227 e. The summed E-state index contributed by atoms with van der Waals surface area (Å²) in [5.41, 5.74) is 1.36. The molecule has 1 saturated heterocycles. The van der Waals surface area contributed by atoms with Crippen LogP contribution in [0, 0.1) is 12.7 Å². The Hall–Kier alpha value is -2.70. The number of aryl methyl sites for hydroxylation is 1. The van der Waals surface area contributed by atoms with Gasteiger partial charge in [0.15, 0.2) is 0 Å². The Bertz CT molecular complexity index is 787. The van der Waals surface area contributed by atoms with Crippen LogP contribution in [0.1, 0.15) is 11.3 Å². The molecule has 138 valence electrons. The lowest BCUT2D eigenvalue weighted by Gasteiger charge is -2.35. The van der Waals surface area contributed by atoms with E-state index in [0.29, 0.717) is 37.7 Å². The van der Waals surface area contributed by atoms with Crippen LogP contribution in [0.4, 0.5) is 16.2 Å². The van der Waals surface area contributed by atoms with Crippen molar-refractivity contribution >= 4 is 17.7 Å². The van der Waals surface area contributed by atoms with E-state index in [1.807, 2.05) is 32.0 Å². The number of hydrogen-bond donors (Lipinski definition) is 0. The lowest BCUT2D eigenvalue weighted by molar-refractivity contribution is -0.130. The number of rotatable bonds is 4. The van der Waals surface area contributed by atoms with Gasteiger partial charge in [0.1, 0.15) is 11.6 Å². The van der Waals surface area contributed by atoms with Gasteiger partial charge in [-0.2, -0.15) is 4.98 Å². The van der Waals surface area contributed by atoms with E-state index < -0.39 is 0 Å². The predicted octanol–water partition coefficient (Wildman–Crippen LogP) is 1.88. The maximum absolute atomic E-state index is 13.7. The summed E-state index contributed by atoms with van der Waals surface area (Å²) in [6.07, 6.45) is 0.0956. The second-order valence-corrected chi connectivity index (χ2v) is 6.70. The van der Waals surface area contributed by atoms with Crippen LogP contribution < -0.4 is 9.80 Å². The number of piperazine rings is 1. The maximum atomic E-state index is 13.7. The predicted molar refractivity (Wildman–Crippen MR) is 100.0 cm³/mol. The molecule has 6 nitrogen and oxygen atoms in total. The molecule has 0 bridgehead atoms.